The minimum Gasteiger partial charge on any atom is -0.478 e. The van der Waals surface area contributed by atoms with Gasteiger partial charge in [-0.05, 0) is 45.6 Å². The summed E-state index contributed by atoms with van der Waals surface area (Å²) in [7, 11) is 0. The van der Waals surface area contributed by atoms with Crippen molar-refractivity contribution in [2.45, 2.75) is 46.1 Å². The van der Waals surface area contributed by atoms with Crippen LogP contribution in [0.25, 0.3) is 0 Å². The highest BCUT2D eigenvalue weighted by atomic mass is 32.1. The first-order valence-electron chi connectivity index (χ1n) is 6.82. The molecule has 1 fully saturated rings. The van der Waals surface area contributed by atoms with Crippen LogP contribution in [0, 0.1) is 13.8 Å². The number of urea groups is 1. The third-order valence-electron chi connectivity index (χ3n) is 3.88. The third-order valence-corrected chi connectivity index (χ3v) is 5.01. The van der Waals surface area contributed by atoms with Gasteiger partial charge in [-0.1, -0.05) is 0 Å². The normalized spacial score (nSPS) is 18.9. The maximum absolute atomic E-state index is 12.3. The van der Waals surface area contributed by atoms with Gasteiger partial charge in [0, 0.05) is 17.5 Å². The molecule has 1 unspecified atom stereocenters. The van der Waals surface area contributed by atoms with Crippen LogP contribution in [0.5, 0.6) is 0 Å². The lowest BCUT2D eigenvalue weighted by molar-refractivity contribution is 0.0697. The summed E-state index contributed by atoms with van der Waals surface area (Å²) in [6, 6.07) is 0.0140. The largest absolute Gasteiger partial charge is 0.478 e. The number of likely N-dealkylation sites (tertiary alicyclic amines) is 1. The molecule has 0 bridgehead atoms. The summed E-state index contributed by atoms with van der Waals surface area (Å²) in [6.07, 6.45) is 3.15. The first kappa shape index (κ1) is 14.8. The number of thiophene rings is 1. The van der Waals surface area contributed by atoms with Gasteiger partial charge in [0.2, 0.25) is 0 Å². The molecule has 0 spiro atoms. The lowest BCUT2D eigenvalue weighted by Gasteiger charge is -2.33. The number of piperidine rings is 1. The number of aryl methyl sites for hydroxylation is 1. The van der Waals surface area contributed by atoms with Gasteiger partial charge in [0.1, 0.15) is 5.00 Å². The van der Waals surface area contributed by atoms with Gasteiger partial charge < -0.3 is 10.0 Å². The molecule has 20 heavy (non-hydrogen) atoms. The van der Waals surface area contributed by atoms with Crippen LogP contribution in [-0.4, -0.2) is 34.6 Å². The van der Waals surface area contributed by atoms with E-state index in [2.05, 4.69) is 5.32 Å². The number of carboxylic acid groups (broad SMARTS) is 1. The number of rotatable bonds is 2. The van der Waals surface area contributed by atoms with E-state index in [1.54, 1.807) is 11.8 Å². The molecule has 6 heteroatoms. The molecule has 2 heterocycles. The van der Waals surface area contributed by atoms with E-state index < -0.39 is 5.97 Å². The quantitative estimate of drug-likeness (QED) is 0.878. The Morgan fingerprint density at radius 1 is 1.35 bits per heavy atom. The number of hydrogen-bond donors (Lipinski definition) is 2. The first-order chi connectivity index (χ1) is 9.41. The molecule has 2 rings (SSSR count). The average molecular weight is 296 g/mol. The summed E-state index contributed by atoms with van der Waals surface area (Å²) in [5, 5.41) is 12.5. The van der Waals surface area contributed by atoms with Gasteiger partial charge in [0.15, 0.2) is 0 Å². The number of hydrogen-bond acceptors (Lipinski definition) is 3. The molecule has 2 N–H and O–H groups in total. The van der Waals surface area contributed by atoms with Gasteiger partial charge in [0.05, 0.1) is 5.56 Å². The fraction of sp³-hybridized carbons (Fsp3) is 0.571. The molecule has 0 radical (unpaired) electrons. The van der Waals surface area contributed by atoms with Crippen LogP contribution in [0.3, 0.4) is 0 Å². The Hall–Kier alpha value is -1.56. The minimum absolute atomic E-state index is 0.194. The first-order valence-corrected chi connectivity index (χ1v) is 7.64. The molecule has 1 aliphatic heterocycles. The van der Waals surface area contributed by atoms with Crippen LogP contribution in [0.1, 0.15) is 47.0 Å². The number of carbonyl (C=O) groups excluding carboxylic acids is 1. The fourth-order valence-corrected chi connectivity index (χ4v) is 3.58. The molecule has 1 saturated heterocycles. The lowest BCUT2D eigenvalue weighted by Crippen LogP contribution is -2.44. The summed E-state index contributed by atoms with van der Waals surface area (Å²) in [6.45, 7) is 6.40. The summed E-state index contributed by atoms with van der Waals surface area (Å²) >= 11 is 1.32. The Balaban J connectivity index is 2.19. The van der Waals surface area contributed by atoms with Gasteiger partial charge in [-0.25, -0.2) is 9.59 Å². The molecule has 1 atom stereocenters. The summed E-state index contributed by atoms with van der Waals surface area (Å²) < 4.78 is 0. The zero-order chi connectivity index (χ0) is 14.9. The summed E-state index contributed by atoms with van der Waals surface area (Å²) in [4.78, 5) is 26.3. The molecule has 2 amide bonds. The smallest absolute Gasteiger partial charge is 0.338 e. The van der Waals surface area contributed by atoms with E-state index in [-0.39, 0.29) is 17.6 Å². The monoisotopic (exact) mass is 296 g/mol. The highest BCUT2D eigenvalue weighted by Gasteiger charge is 2.26. The predicted molar refractivity (Wildman–Crippen MR) is 79.8 cm³/mol. The number of carboxylic acids is 1. The highest BCUT2D eigenvalue weighted by molar-refractivity contribution is 7.16. The number of carbonyl (C=O) groups is 2. The Bertz CT molecular complexity index is 539. The molecule has 1 aromatic heterocycles. The number of amides is 2. The van der Waals surface area contributed by atoms with Crippen molar-refractivity contribution < 1.29 is 14.7 Å². The summed E-state index contributed by atoms with van der Waals surface area (Å²) in [5.41, 5.74) is 0.940. The van der Waals surface area contributed by atoms with E-state index in [1.165, 1.54) is 11.3 Å². The second-order valence-corrected chi connectivity index (χ2v) is 6.49. The fourth-order valence-electron chi connectivity index (χ4n) is 2.54. The van der Waals surface area contributed by atoms with Crippen molar-refractivity contribution >= 4 is 28.3 Å². The number of anilines is 1. The van der Waals surface area contributed by atoms with Gasteiger partial charge >= 0.3 is 12.0 Å². The molecule has 0 saturated carbocycles. The molecular weight excluding hydrogens is 276 g/mol. The standard InChI is InChI=1S/C14H20N2O3S/c1-8-6-4-5-7-16(8)14(19)15-12-11(13(17)18)9(2)10(3)20-12/h8H,4-7H2,1-3H3,(H,15,19)(H,17,18). The molecular formula is C14H20N2O3S. The van der Waals surface area contributed by atoms with Crippen LogP contribution in [0.15, 0.2) is 0 Å². The maximum atomic E-state index is 12.3. The Kier molecular flexibility index (Phi) is 4.32. The highest BCUT2D eigenvalue weighted by Crippen LogP contribution is 2.33. The summed E-state index contributed by atoms with van der Waals surface area (Å²) in [5.74, 6) is -0.992. The zero-order valence-corrected chi connectivity index (χ0v) is 12.8. The zero-order valence-electron chi connectivity index (χ0n) is 12.0. The van der Waals surface area contributed by atoms with Crippen LogP contribution >= 0.6 is 11.3 Å². The van der Waals surface area contributed by atoms with Crippen molar-refractivity contribution in [3.05, 3.63) is 16.0 Å². The van der Waals surface area contributed by atoms with E-state index in [9.17, 15) is 14.7 Å². The minimum atomic E-state index is -0.992. The molecule has 1 aromatic rings. The maximum Gasteiger partial charge on any atom is 0.338 e. The number of nitrogens with zero attached hydrogens (tertiary/aromatic N) is 1. The Morgan fingerprint density at radius 3 is 2.65 bits per heavy atom. The van der Waals surface area contributed by atoms with Crippen molar-refractivity contribution in [3.8, 4) is 0 Å². The second kappa shape index (κ2) is 5.83. The molecule has 0 aromatic carbocycles. The average Bonchev–Trinajstić information content (AvgIpc) is 2.65. The molecule has 0 aliphatic carbocycles. The van der Waals surface area contributed by atoms with Gasteiger partial charge in [0.25, 0.3) is 0 Å². The predicted octanol–water partition coefficient (Wildman–Crippen LogP) is 3.47. The molecule has 1 aliphatic rings. The van der Waals surface area contributed by atoms with Crippen molar-refractivity contribution in [3.63, 3.8) is 0 Å². The van der Waals surface area contributed by atoms with Crippen LogP contribution < -0.4 is 5.32 Å². The van der Waals surface area contributed by atoms with Crippen LogP contribution in [0.4, 0.5) is 9.80 Å². The van der Waals surface area contributed by atoms with E-state index in [4.69, 9.17) is 0 Å². The van der Waals surface area contributed by atoms with Crippen LogP contribution in [-0.2, 0) is 0 Å². The van der Waals surface area contributed by atoms with Gasteiger partial charge in [-0.2, -0.15) is 0 Å². The molecule has 5 nitrogen and oxygen atoms in total. The Morgan fingerprint density at radius 2 is 2.05 bits per heavy atom. The topological polar surface area (TPSA) is 69.6 Å². The van der Waals surface area contributed by atoms with Crippen molar-refractivity contribution in [2.75, 3.05) is 11.9 Å². The van der Waals surface area contributed by atoms with E-state index in [0.717, 1.165) is 36.2 Å². The van der Waals surface area contributed by atoms with Crippen molar-refractivity contribution in [2.24, 2.45) is 0 Å². The van der Waals surface area contributed by atoms with Crippen molar-refractivity contribution in [1.82, 2.24) is 4.90 Å². The third kappa shape index (κ3) is 2.80. The van der Waals surface area contributed by atoms with Crippen LogP contribution in [0.2, 0.25) is 0 Å². The van der Waals surface area contributed by atoms with Crippen molar-refractivity contribution in [1.29, 1.82) is 0 Å². The van der Waals surface area contributed by atoms with E-state index in [0.29, 0.717) is 5.00 Å². The number of nitrogens with one attached hydrogen (secondary N) is 1. The van der Waals surface area contributed by atoms with E-state index >= 15 is 0 Å². The van der Waals surface area contributed by atoms with Gasteiger partial charge in [-0.15, -0.1) is 11.3 Å². The lowest BCUT2D eigenvalue weighted by atomic mass is 10.0. The number of aromatic carboxylic acids is 1. The second-order valence-electron chi connectivity index (χ2n) is 5.26. The van der Waals surface area contributed by atoms with E-state index in [1.807, 2.05) is 13.8 Å². The van der Waals surface area contributed by atoms with Gasteiger partial charge in [-0.3, -0.25) is 5.32 Å². The SMILES string of the molecule is Cc1sc(NC(=O)N2CCCCC2C)c(C(=O)O)c1C. The molecule has 110 valence electrons. The Labute approximate surface area is 122 Å².